The molecule has 136 valence electrons. The van der Waals surface area contributed by atoms with E-state index in [0.29, 0.717) is 19.6 Å². The number of aryl methyl sites for hydroxylation is 1. The van der Waals surface area contributed by atoms with Crippen molar-refractivity contribution in [3.63, 3.8) is 0 Å². The monoisotopic (exact) mass is 358 g/mol. The molecular formula is C22H22N4O. The largest absolute Gasteiger partial charge is 0.468 e. The van der Waals surface area contributed by atoms with Crippen molar-refractivity contribution in [2.24, 2.45) is 0 Å². The van der Waals surface area contributed by atoms with Crippen molar-refractivity contribution < 1.29 is 4.42 Å². The first-order valence-corrected chi connectivity index (χ1v) is 9.06. The Kier molecular flexibility index (Phi) is 5.12. The first-order chi connectivity index (χ1) is 13.3. The summed E-state index contributed by atoms with van der Waals surface area (Å²) in [5, 5.41) is 12.9. The molecule has 0 unspecified atom stereocenters. The van der Waals surface area contributed by atoms with Crippen LogP contribution in [0.2, 0.25) is 0 Å². The number of hydrogen-bond donors (Lipinski definition) is 1. The highest BCUT2D eigenvalue weighted by Crippen LogP contribution is 2.20. The summed E-state index contributed by atoms with van der Waals surface area (Å²) in [5.74, 6) is 0.906. The van der Waals surface area contributed by atoms with Crippen LogP contribution in [-0.2, 0) is 19.6 Å². The molecule has 0 fully saturated rings. The van der Waals surface area contributed by atoms with E-state index in [1.807, 2.05) is 30.3 Å². The maximum absolute atomic E-state index is 5.38. The van der Waals surface area contributed by atoms with Gasteiger partial charge in [-0.05, 0) is 24.6 Å². The van der Waals surface area contributed by atoms with Gasteiger partial charge in [0.25, 0.3) is 0 Å². The first kappa shape index (κ1) is 17.2. The molecule has 4 aromatic rings. The van der Waals surface area contributed by atoms with Gasteiger partial charge in [0, 0.05) is 12.1 Å². The molecule has 27 heavy (non-hydrogen) atoms. The van der Waals surface area contributed by atoms with E-state index in [0.717, 1.165) is 22.7 Å². The van der Waals surface area contributed by atoms with Crippen LogP contribution in [0.4, 0.5) is 0 Å². The lowest BCUT2D eigenvalue weighted by Crippen LogP contribution is -2.13. The minimum atomic E-state index is 0.624. The molecule has 0 aliphatic carbocycles. The Labute approximate surface area is 158 Å². The van der Waals surface area contributed by atoms with Crippen LogP contribution in [-0.4, -0.2) is 15.0 Å². The van der Waals surface area contributed by atoms with Crippen molar-refractivity contribution in [2.75, 3.05) is 0 Å². The molecule has 0 spiro atoms. The van der Waals surface area contributed by atoms with Gasteiger partial charge in [-0.1, -0.05) is 60.2 Å². The highest BCUT2D eigenvalue weighted by Gasteiger charge is 2.13. The van der Waals surface area contributed by atoms with Crippen molar-refractivity contribution in [1.82, 2.24) is 20.3 Å². The summed E-state index contributed by atoms with van der Waals surface area (Å²) in [6.07, 6.45) is 1.69. The average molecular weight is 358 g/mol. The number of rotatable bonds is 7. The third-order valence-electron chi connectivity index (χ3n) is 4.35. The summed E-state index contributed by atoms with van der Waals surface area (Å²) in [7, 11) is 0. The van der Waals surface area contributed by atoms with Gasteiger partial charge in [-0.2, -0.15) is 15.0 Å². The fourth-order valence-corrected chi connectivity index (χ4v) is 3.08. The maximum Gasteiger partial charge on any atom is 0.117 e. The molecule has 4 rings (SSSR count). The SMILES string of the molecule is Cc1cccc(Cn2nc(CNCc3ccco3)c(-c3ccccc3)n2)c1. The summed E-state index contributed by atoms with van der Waals surface area (Å²) in [6.45, 7) is 4.03. The number of hydrogen-bond acceptors (Lipinski definition) is 4. The van der Waals surface area contributed by atoms with Gasteiger partial charge in [0.1, 0.15) is 17.1 Å². The second-order valence-corrected chi connectivity index (χ2v) is 6.56. The molecule has 5 nitrogen and oxygen atoms in total. The van der Waals surface area contributed by atoms with Crippen molar-refractivity contribution in [1.29, 1.82) is 0 Å². The summed E-state index contributed by atoms with van der Waals surface area (Å²) in [6, 6.07) is 22.5. The van der Waals surface area contributed by atoms with E-state index in [2.05, 4.69) is 48.6 Å². The Hall–Kier alpha value is -3.18. The first-order valence-electron chi connectivity index (χ1n) is 9.06. The van der Waals surface area contributed by atoms with Crippen LogP contribution in [0.5, 0.6) is 0 Å². The van der Waals surface area contributed by atoms with Crippen molar-refractivity contribution in [3.8, 4) is 11.3 Å². The van der Waals surface area contributed by atoms with Crippen LogP contribution in [0.15, 0.2) is 77.4 Å². The molecule has 0 aliphatic rings. The highest BCUT2D eigenvalue weighted by molar-refractivity contribution is 5.60. The van der Waals surface area contributed by atoms with Crippen LogP contribution in [0.1, 0.15) is 22.6 Å². The summed E-state index contributed by atoms with van der Waals surface area (Å²) in [4.78, 5) is 1.78. The summed E-state index contributed by atoms with van der Waals surface area (Å²) >= 11 is 0. The molecular weight excluding hydrogens is 336 g/mol. The molecule has 5 heteroatoms. The second-order valence-electron chi connectivity index (χ2n) is 6.56. The molecule has 0 bridgehead atoms. The van der Waals surface area contributed by atoms with Gasteiger partial charge in [-0.3, -0.25) is 0 Å². The zero-order valence-electron chi connectivity index (χ0n) is 15.3. The van der Waals surface area contributed by atoms with Crippen LogP contribution < -0.4 is 5.32 Å². The van der Waals surface area contributed by atoms with Crippen LogP contribution in [0.3, 0.4) is 0 Å². The third kappa shape index (κ3) is 4.33. The van der Waals surface area contributed by atoms with Gasteiger partial charge in [-0.15, -0.1) is 0 Å². The lowest BCUT2D eigenvalue weighted by Gasteiger charge is -2.02. The predicted molar refractivity (Wildman–Crippen MR) is 105 cm³/mol. The predicted octanol–water partition coefficient (Wildman–Crippen LogP) is 4.18. The van der Waals surface area contributed by atoms with Gasteiger partial charge < -0.3 is 9.73 Å². The molecule has 0 saturated carbocycles. The summed E-state index contributed by atoms with van der Waals surface area (Å²) < 4.78 is 5.38. The number of benzene rings is 2. The molecule has 2 aromatic carbocycles. The van der Waals surface area contributed by atoms with E-state index >= 15 is 0 Å². The third-order valence-corrected chi connectivity index (χ3v) is 4.35. The van der Waals surface area contributed by atoms with E-state index in [1.54, 1.807) is 11.1 Å². The Morgan fingerprint density at radius 3 is 2.59 bits per heavy atom. The lowest BCUT2D eigenvalue weighted by atomic mass is 10.1. The Morgan fingerprint density at radius 1 is 0.926 bits per heavy atom. The maximum atomic E-state index is 5.38. The Morgan fingerprint density at radius 2 is 1.81 bits per heavy atom. The van der Waals surface area contributed by atoms with E-state index in [4.69, 9.17) is 14.6 Å². The van der Waals surface area contributed by atoms with Crippen LogP contribution in [0, 0.1) is 6.92 Å². The zero-order valence-corrected chi connectivity index (χ0v) is 15.3. The number of nitrogens with one attached hydrogen (secondary N) is 1. The van der Waals surface area contributed by atoms with Crippen molar-refractivity contribution in [2.45, 2.75) is 26.6 Å². The zero-order chi connectivity index (χ0) is 18.5. The Balaban J connectivity index is 1.56. The minimum absolute atomic E-state index is 0.624. The highest BCUT2D eigenvalue weighted by atomic mass is 16.3. The normalized spacial score (nSPS) is 11.0. The van der Waals surface area contributed by atoms with E-state index in [9.17, 15) is 0 Å². The minimum Gasteiger partial charge on any atom is -0.468 e. The second kappa shape index (κ2) is 8.01. The fourth-order valence-electron chi connectivity index (χ4n) is 3.08. The number of furan rings is 1. The van der Waals surface area contributed by atoms with Gasteiger partial charge >= 0.3 is 0 Å². The molecule has 0 atom stereocenters. The average Bonchev–Trinajstić information content (AvgIpc) is 3.33. The molecule has 0 amide bonds. The van der Waals surface area contributed by atoms with Crippen molar-refractivity contribution in [3.05, 3.63) is 95.6 Å². The molecule has 2 heterocycles. The molecule has 0 aliphatic heterocycles. The molecule has 0 saturated heterocycles. The van der Waals surface area contributed by atoms with Gasteiger partial charge in [-0.25, -0.2) is 0 Å². The fraction of sp³-hybridized carbons (Fsp3) is 0.182. The molecule has 2 aromatic heterocycles. The number of nitrogens with zero attached hydrogens (tertiary/aromatic N) is 3. The standard InChI is InChI=1S/C22H22N4O/c1-17-7-5-8-18(13-17)16-26-24-21(15-23-14-20-11-6-12-27-20)22(25-26)19-9-3-2-4-10-19/h2-13,23H,14-16H2,1H3. The van der Waals surface area contributed by atoms with E-state index in [1.165, 1.54) is 11.1 Å². The number of aromatic nitrogens is 3. The quantitative estimate of drug-likeness (QED) is 0.538. The summed E-state index contributed by atoms with van der Waals surface area (Å²) in [5.41, 5.74) is 5.35. The topological polar surface area (TPSA) is 55.9 Å². The van der Waals surface area contributed by atoms with Crippen LogP contribution >= 0.6 is 0 Å². The lowest BCUT2D eigenvalue weighted by molar-refractivity contribution is 0.480. The Bertz CT molecular complexity index is 990. The van der Waals surface area contributed by atoms with Gasteiger partial charge in [0.05, 0.1) is 19.4 Å². The smallest absolute Gasteiger partial charge is 0.117 e. The molecule has 0 radical (unpaired) electrons. The van der Waals surface area contributed by atoms with E-state index < -0.39 is 0 Å². The molecule has 1 N–H and O–H groups in total. The van der Waals surface area contributed by atoms with Crippen LogP contribution in [0.25, 0.3) is 11.3 Å². The van der Waals surface area contributed by atoms with E-state index in [-0.39, 0.29) is 0 Å². The van der Waals surface area contributed by atoms with Crippen molar-refractivity contribution >= 4 is 0 Å². The van der Waals surface area contributed by atoms with Gasteiger partial charge in [0.15, 0.2) is 0 Å². The van der Waals surface area contributed by atoms with Gasteiger partial charge in [0.2, 0.25) is 0 Å².